The van der Waals surface area contributed by atoms with E-state index in [0.717, 1.165) is 35.7 Å². The number of nitrogens with zero attached hydrogens (tertiary/aromatic N) is 6. The molecule has 11 heteroatoms. The number of ether oxygens (including phenoxy) is 1. The number of nitrogens with one attached hydrogen (secondary N) is 1. The molecule has 1 N–H and O–H groups in total. The predicted molar refractivity (Wildman–Crippen MR) is 147 cm³/mol. The van der Waals surface area contributed by atoms with Crippen molar-refractivity contribution in [2.75, 3.05) is 30.0 Å². The van der Waals surface area contributed by atoms with E-state index in [0.29, 0.717) is 39.4 Å². The smallest absolute Gasteiger partial charge is 0.184 e. The third-order valence-electron chi connectivity index (χ3n) is 7.58. The van der Waals surface area contributed by atoms with Gasteiger partial charge in [-0.15, -0.1) is 0 Å². The first kappa shape index (κ1) is 24.9. The monoisotopic (exact) mass is 537 g/mol. The summed E-state index contributed by atoms with van der Waals surface area (Å²) in [5, 5.41) is 13.5. The Morgan fingerprint density at radius 2 is 1.87 bits per heavy atom. The van der Waals surface area contributed by atoms with Crippen LogP contribution in [0, 0.1) is 25.5 Å². The van der Waals surface area contributed by atoms with Crippen LogP contribution < -0.4 is 15.1 Å². The summed E-state index contributed by atoms with van der Waals surface area (Å²) in [4.78, 5) is 3.67. The van der Waals surface area contributed by atoms with Gasteiger partial charge in [-0.25, -0.2) is 13.5 Å². The first-order chi connectivity index (χ1) is 18.2. The summed E-state index contributed by atoms with van der Waals surface area (Å²) in [5.41, 5.74) is 4.82. The molecule has 0 aliphatic carbocycles. The average Bonchev–Trinajstić information content (AvgIpc) is 3.56. The van der Waals surface area contributed by atoms with Crippen molar-refractivity contribution in [2.24, 2.45) is 7.05 Å². The highest BCUT2D eigenvalue weighted by Gasteiger charge is 2.42. The van der Waals surface area contributed by atoms with Crippen LogP contribution in [-0.2, 0) is 18.2 Å². The SMILES string of the molecule is COC1CN(c2ccc3c(cnn3C)c2F)C(=S)N1c1c2c(nn1-c1cc(C)c(F)c(C)c1)CCN[C@H]2C. The van der Waals surface area contributed by atoms with Crippen molar-refractivity contribution in [2.45, 2.75) is 39.5 Å². The Kier molecular flexibility index (Phi) is 5.97. The fourth-order valence-electron chi connectivity index (χ4n) is 5.63. The van der Waals surface area contributed by atoms with Crippen molar-refractivity contribution in [1.29, 1.82) is 0 Å². The second kappa shape index (κ2) is 9.11. The van der Waals surface area contributed by atoms with Crippen molar-refractivity contribution < 1.29 is 13.5 Å². The molecule has 0 spiro atoms. The van der Waals surface area contributed by atoms with Gasteiger partial charge in [-0.05, 0) is 68.4 Å². The minimum Gasteiger partial charge on any atom is -0.359 e. The Morgan fingerprint density at radius 1 is 1.13 bits per heavy atom. The summed E-state index contributed by atoms with van der Waals surface area (Å²) < 4.78 is 39.7. The summed E-state index contributed by atoms with van der Waals surface area (Å²) in [6, 6.07) is 7.15. The van der Waals surface area contributed by atoms with E-state index in [1.807, 2.05) is 15.6 Å². The van der Waals surface area contributed by atoms with Crippen LogP contribution in [0.1, 0.15) is 35.3 Å². The molecule has 0 amide bonds. The van der Waals surface area contributed by atoms with Gasteiger partial charge in [0.15, 0.2) is 17.2 Å². The maximum Gasteiger partial charge on any atom is 0.184 e. The Labute approximate surface area is 224 Å². The third kappa shape index (κ3) is 3.63. The first-order valence-electron chi connectivity index (χ1n) is 12.6. The molecule has 38 heavy (non-hydrogen) atoms. The van der Waals surface area contributed by atoms with E-state index in [-0.39, 0.29) is 17.7 Å². The quantitative estimate of drug-likeness (QED) is 0.386. The Hall–Kier alpha value is -3.41. The molecule has 0 saturated carbocycles. The van der Waals surface area contributed by atoms with Crippen LogP contribution >= 0.6 is 12.2 Å². The topological polar surface area (TPSA) is 63.4 Å². The molecule has 6 rings (SSSR count). The highest BCUT2D eigenvalue weighted by atomic mass is 32.1. The fraction of sp³-hybridized carbons (Fsp3) is 0.370. The number of anilines is 2. The largest absolute Gasteiger partial charge is 0.359 e. The molecule has 4 heterocycles. The van der Waals surface area contributed by atoms with Crippen molar-refractivity contribution >= 4 is 39.7 Å². The molecule has 1 unspecified atom stereocenters. The molecule has 2 aliphatic rings. The molecule has 2 aromatic heterocycles. The molecular formula is C27H29F2N7OS. The third-order valence-corrected chi connectivity index (χ3v) is 8.00. The number of aromatic nitrogens is 4. The maximum atomic E-state index is 15.7. The van der Waals surface area contributed by atoms with Crippen LogP contribution in [0.2, 0.25) is 0 Å². The van der Waals surface area contributed by atoms with Gasteiger partial charge >= 0.3 is 0 Å². The van der Waals surface area contributed by atoms with E-state index >= 15 is 4.39 Å². The molecule has 2 aromatic carbocycles. The number of halogens is 2. The second-order valence-corrected chi connectivity index (χ2v) is 10.3. The Bertz CT molecular complexity index is 1570. The first-order valence-corrected chi connectivity index (χ1v) is 13.0. The van der Waals surface area contributed by atoms with E-state index in [2.05, 4.69) is 17.3 Å². The number of hydrogen-bond acceptors (Lipinski definition) is 5. The summed E-state index contributed by atoms with van der Waals surface area (Å²) in [7, 11) is 3.40. The molecule has 1 saturated heterocycles. The van der Waals surface area contributed by atoms with Gasteiger partial charge in [-0.2, -0.15) is 10.2 Å². The number of rotatable bonds is 4. The van der Waals surface area contributed by atoms with Gasteiger partial charge in [-0.1, -0.05) is 0 Å². The molecular weight excluding hydrogens is 508 g/mol. The summed E-state index contributed by atoms with van der Waals surface area (Å²) in [6.45, 7) is 6.70. The molecule has 1 fully saturated rings. The summed E-state index contributed by atoms with van der Waals surface area (Å²) in [6.07, 6.45) is 1.77. The Balaban J connectivity index is 1.52. The second-order valence-electron chi connectivity index (χ2n) is 9.97. The maximum absolute atomic E-state index is 15.7. The van der Waals surface area contributed by atoms with Gasteiger partial charge in [-0.3, -0.25) is 9.58 Å². The average molecular weight is 538 g/mol. The zero-order valence-corrected chi connectivity index (χ0v) is 22.7. The molecule has 8 nitrogen and oxygen atoms in total. The number of aryl methyl sites for hydroxylation is 3. The lowest BCUT2D eigenvalue weighted by Gasteiger charge is -2.29. The molecule has 4 aromatic rings. The van der Waals surface area contributed by atoms with Gasteiger partial charge in [0.05, 0.1) is 40.7 Å². The van der Waals surface area contributed by atoms with Gasteiger partial charge in [0.25, 0.3) is 0 Å². The summed E-state index contributed by atoms with van der Waals surface area (Å²) in [5.74, 6) is 0.124. The van der Waals surface area contributed by atoms with Crippen LogP contribution in [0.3, 0.4) is 0 Å². The molecule has 2 atom stereocenters. The summed E-state index contributed by atoms with van der Waals surface area (Å²) >= 11 is 6.01. The van der Waals surface area contributed by atoms with Gasteiger partial charge < -0.3 is 15.0 Å². The van der Waals surface area contributed by atoms with E-state index in [1.165, 1.54) is 6.20 Å². The Morgan fingerprint density at radius 3 is 2.58 bits per heavy atom. The van der Waals surface area contributed by atoms with E-state index in [4.69, 9.17) is 22.1 Å². The molecule has 2 aliphatic heterocycles. The standard InChI is InChI=1S/C27H29F2N7OS/c1-14-10-17(11-15(2)24(14)28)36-26(23-16(3)30-9-8-19(23)32-36)35-22(37-5)13-34(27(35)38)21-7-6-20-18(25(21)29)12-31-33(20)4/h6-7,10-12,16,22,30H,8-9,13H2,1-5H3/t16-,22?/m0/s1. The van der Waals surface area contributed by atoms with Crippen LogP contribution in [0.25, 0.3) is 16.6 Å². The van der Waals surface area contributed by atoms with Gasteiger partial charge in [0.1, 0.15) is 11.6 Å². The lowest BCUT2D eigenvalue weighted by molar-refractivity contribution is 0.125. The normalized spacial score (nSPS) is 19.6. The fourth-order valence-corrected chi connectivity index (χ4v) is 6.01. The highest BCUT2D eigenvalue weighted by molar-refractivity contribution is 7.80. The number of fused-ring (bicyclic) bond motifs is 2. The molecule has 0 radical (unpaired) electrons. The molecule has 0 bridgehead atoms. The van der Waals surface area contributed by atoms with Crippen molar-refractivity contribution in [3.05, 3.63) is 64.5 Å². The highest BCUT2D eigenvalue weighted by Crippen LogP contribution is 2.40. The molecule has 198 valence electrons. The van der Waals surface area contributed by atoms with E-state index < -0.39 is 6.23 Å². The van der Waals surface area contributed by atoms with Crippen LogP contribution in [0.4, 0.5) is 20.3 Å². The minimum absolute atomic E-state index is 0.00276. The zero-order chi connectivity index (χ0) is 26.9. The minimum atomic E-state index is -0.497. The van der Waals surface area contributed by atoms with Gasteiger partial charge in [0, 0.05) is 38.7 Å². The lowest BCUT2D eigenvalue weighted by atomic mass is 10.0. The zero-order valence-electron chi connectivity index (χ0n) is 21.9. The van der Waals surface area contributed by atoms with E-state index in [1.54, 1.807) is 55.8 Å². The number of thiocarbonyl (C=S) groups is 1. The van der Waals surface area contributed by atoms with Gasteiger partial charge in [0.2, 0.25) is 0 Å². The van der Waals surface area contributed by atoms with Crippen molar-refractivity contribution in [3.8, 4) is 5.69 Å². The van der Waals surface area contributed by atoms with Crippen LogP contribution in [-0.4, -0.2) is 51.1 Å². The number of methoxy groups -OCH3 is 1. The van der Waals surface area contributed by atoms with Crippen molar-refractivity contribution in [1.82, 2.24) is 24.9 Å². The number of hydrogen-bond donors (Lipinski definition) is 1. The van der Waals surface area contributed by atoms with E-state index in [9.17, 15) is 4.39 Å². The van der Waals surface area contributed by atoms with Crippen LogP contribution in [0.15, 0.2) is 30.5 Å². The lowest BCUT2D eigenvalue weighted by Crippen LogP contribution is -2.39. The predicted octanol–water partition coefficient (Wildman–Crippen LogP) is 4.44. The van der Waals surface area contributed by atoms with Crippen LogP contribution in [0.5, 0.6) is 0 Å². The number of benzene rings is 2. The van der Waals surface area contributed by atoms with Crippen molar-refractivity contribution in [3.63, 3.8) is 0 Å².